The molecule has 1 fully saturated rings. The van der Waals surface area contributed by atoms with Crippen molar-refractivity contribution in [2.24, 2.45) is 0 Å². The third-order valence-electron chi connectivity index (χ3n) is 5.44. The summed E-state index contributed by atoms with van der Waals surface area (Å²) in [4.78, 5) is 26.6. The number of halogens is 1. The second-order valence-electron chi connectivity index (χ2n) is 8.02. The summed E-state index contributed by atoms with van der Waals surface area (Å²) in [5, 5.41) is 8.79. The van der Waals surface area contributed by atoms with Crippen molar-refractivity contribution in [3.8, 4) is 0 Å². The molecule has 0 aromatic heterocycles. The molecule has 3 rings (SSSR count). The molecule has 3 N–H and O–H groups in total. The molecule has 4 amide bonds. The van der Waals surface area contributed by atoms with Gasteiger partial charge in [-0.15, -0.1) is 0 Å². The lowest BCUT2D eigenvalue weighted by atomic mass is 9.96. The number of benzene rings is 2. The minimum Gasteiger partial charge on any atom is -0.338 e. The Morgan fingerprint density at radius 1 is 1.06 bits per heavy atom. The summed E-state index contributed by atoms with van der Waals surface area (Å²) in [7, 11) is 0. The quantitative estimate of drug-likeness (QED) is 0.533. The molecule has 7 heteroatoms. The average molecular weight is 427 g/mol. The lowest BCUT2D eigenvalue weighted by Crippen LogP contribution is -2.44. The van der Waals surface area contributed by atoms with E-state index in [0.29, 0.717) is 30.9 Å². The molecule has 0 radical (unpaired) electrons. The first-order valence-corrected chi connectivity index (χ1v) is 11.0. The number of carbonyl (C=O) groups excluding carboxylic acids is 2. The fraction of sp³-hybridized carbons (Fsp3) is 0.417. The summed E-state index contributed by atoms with van der Waals surface area (Å²) in [6.07, 6.45) is 6.19. The fourth-order valence-electron chi connectivity index (χ4n) is 3.81. The Balaban J connectivity index is 1.54. The number of aryl methyl sites for hydroxylation is 1. The van der Waals surface area contributed by atoms with Gasteiger partial charge in [0.1, 0.15) is 5.82 Å². The molecule has 31 heavy (non-hydrogen) atoms. The van der Waals surface area contributed by atoms with Gasteiger partial charge in [-0.05, 0) is 68.1 Å². The van der Waals surface area contributed by atoms with E-state index in [1.54, 1.807) is 17.0 Å². The lowest BCUT2D eigenvalue weighted by molar-refractivity contribution is 0.232. The molecule has 166 valence electrons. The van der Waals surface area contributed by atoms with E-state index in [2.05, 4.69) is 16.0 Å². The SMILES string of the molecule is Cc1cccc(NC(=O)N(CCCNC(=O)NC2CCCCC2)c2ccc(F)cc2)c1. The van der Waals surface area contributed by atoms with Gasteiger partial charge in [0.15, 0.2) is 0 Å². The van der Waals surface area contributed by atoms with Gasteiger partial charge in [-0.1, -0.05) is 31.4 Å². The highest BCUT2D eigenvalue weighted by Gasteiger charge is 2.17. The molecule has 0 saturated heterocycles. The summed E-state index contributed by atoms with van der Waals surface area (Å²) >= 11 is 0. The number of amides is 4. The van der Waals surface area contributed by atoms with E-state index < -0.39 is 0 Å². The monoisotopic (exact) mass is 426 g/mol. The molecule has 0 unspecified atom stereocenters. The first-order valence-electron chi connectivity index (χ1n) is 11.0. The number of hydrogen-bond acceptors (Lipinski definition) is 2. The standard InChI is InChI=1S/C24H31FN4O2/c1-18-7-5-10-21(17-18)28-24(31)29(22-13-11-19(25)12-14-22)16-6-15-26-23(30)27-20-8-3-2-4-9-20/h5,7,10-14,17,20H,2-4,6,8-9,15-16H2,1H3,(H,28,31)(H2,26,27,30). The maximum Gasteiger partial charge on any atom is 0.326 e. The van der Waals surface area contributed by atoms with Gasteiger partial charge in [0.25, 0.3) is 0 Å². The van der Waals surface area contributed by atoms with Gasteiger partial charge in [0, 0.05) is 30.5 Å². The first-order chi connectivity index (χ1) is 15.0. The van der Waals surface area contributed by atoms with E-state index >= 15 is 0 Å². The van der Waals surface area contributed by atoms with Crippen LogP contribution in [0.5, 0.6) is 0 Å². The number of nitrogens with one attached hydrogen (secondary N) is 3. The lowest BCUT2D eigenvalue weighted by Gasteiger charge is -2.24. The van der Waals surface area contributed by atoms with Crippen molar-refractivity contribution < 1.29 is 14.0 Å². The highest BCUT2D eigenvalue weighted by atomic mass is 19.1. The van der Waals surface area contributed by atoms with Crippen LogP contribution >= 0.6 is 0 Å². The van der Waals surface area contributed by atoms with Gasteiger partial charge in [-0.2, -0.15) is 0 Å². The Kier molecular flexibility index (Phi) is 8.27. The van der Waals surface area contributed by atoms with Crippen molar-refractivity contribution in [2.75, 3.05) is 23.3 Å². The normalized spacial score (nSPS) is 14.0. The van der Waals surface area contributed by atoms with Crippen LogP contribution in [0.1, 0.15) is 44.1 Å². The zero-order chi connectivity index (χ0) is 22.1. The molecule has 0 atom stereocenters. The highest BCUT2D eigenvalue weighted by molar-refractivity contribution is 6.01. The predicted octanol–water partition coefficient (Wildman–Crippen LogP) is 5.19. The van der Waals surface area contributed by atoms with E-state index in [1.807, 2.05) is 31.2 Å². The molecule has 1 saturated carbocycles. The van der Waals surface area contributed by atoms with Crippen molar-refractivity contribution in [3.05, 3.63) is 59.9 Å². The maximum atomic E-state index is 13.4. The van der Waals surface area contributed by atoms with Crippen molar-refractivity contribution in [1.29, 1.82) is 0 Å². The third kappa shape index (κ3) is 7.27. The molecule has 0 bridgehead atoms. The molecule has 0 spiro atoms. The average Bonchev–Trinajstić information content (AvgIpc) is 2.75. The van der Waals surface area contributed by atoms with Crippen LogP contribution in [0.4, 0.5) is 25.4 Å². The fourth-order valence-corrected chi connectivity index (χ4v) is 3.81. The minimum atomic E-state index is -0.358. The Labute approximate surface area is 183 Å². The zero-order valence-electron chi connectivity index (χ0n) is 18.0. The molecule has 1 aliphatic carbocycles. The Morgan fingerprint density at radius 3 is 2.52 bits per heavy atom. The minimum absolute atomic E-state index is 0.163. The molecule has 0 heterocycles. The van der Waals surface area contributed by atoms with E-state index in [-0.39, 0.29) is 23.9 Å². The maximum absolute atomic E-state index is 13.4. The number of rotatable bonds is 7. The summed E-state index contributed by atoms with van der Waals surface area (Å²) in [5.74, 6) is -0.358. The van der Waals surface area contributed by atoms with Gasteiger partial charge in [-0.25, -0.2) is 14.0 Å². The van der Waals surface area contributed by atoms with Gasteiger partial charge < -0.3 is 16.0 Å². The molecule has 1 aliphatic rings. The molecule has 6 nitrogen and oxygen atoms in total. The van der Waals surface area contributed by atoms with Crippen LogP contribution in [0.25, 0.3) is 0 Å². The van der Waals surface area contributed by atoms with Crippen LogP contribution in [-0.4, -0.2) is 31.2 Å². The Morgan fingerprint density at radius 2 is 1.81 bits per heavy atom. The van der Waals surface area contributed by atoms with E-state index in [1.165, 1.54) is 18.6 Å². The van der Waals surface area contributed by atoms with E-state index in [0.717, 1.165) is 31.2 Å². The van der Waals surface area contributed by atoms with Gasteiger partial charge >= 0.3 is 12.1 Å². The van der Waals surface area contributed by atoms with Crippen LogP contribution in [0, 0.1) is 12.7 Å². The second-order valence-corrected chi connectivity index (χ2v) is 8.02. The van der Waals surface area contributed by atoms with Crippen molar-refractivity contribution >= 4 is 23.4 Å². The first kappa shape index (κ1) is 22.6. The number of nitrogens with zero attached hydrogens (tertiary/aromatic N) is 1. The summed E-state index contributed by atoms with van der Waals surface area (Å²) in [5.41, 5.74) is 2.33. The van der Waals surface area contributed by atoms with E-state index in [4.69, 9.17) is 0 Å². The van der Waals surface area contributed by atoms with Gasteiger partial charge in [0.05, 0.1) is 0 Å². The van der Waals surface area contributed by atoms with Gasteiger partial charge in [-0.3, -0.25) is 4.90 Å². The van der Waals surface area contributed by atoms with E-state index in [9.17, 15) is 14.0 Å². The van der Waals surface area contributed by atoms with Crippen molar-refractivity contribution in [1.82, 2.24) is 10.6 Å². The Hall–Kier alpha value is -3.09. The van der Waals surface area contributed by atoms with Crippen LogP contribution in [0.2, 0.25) is 0 Å². The predicted molar refractivity (Wildman–Crippen MR) is 122 cm³/mol. The smallest absolute Gasteiger partial charge is 0.326 e. The summed E-state index contributed by atoms with van der Waals surface area (Å²) in [6, 6.07) is 13.2. The molecule has 2 aromatic carbocycles. The van der Waals surface area contributed by atoms with Crippen LogP contribution < -0.4 is 20.9 Å². The molecular weight excluding hydrogens is 395 g/mol. The largest absolute Gasteiger partial charge is 0.338 e. The van der Waals surface area contributed by atoms with Crippen LogP contribution in [-0.2, 0) is 0 Å². The van der Waals surface area contributed by atoms with Gasteiger partial charge in [0.2, 0.25) is 0 Å². The van der Waals surface area contributed by atoms with Crippen molar-refractivity contribution in [2.45, 2.75) is 51.5 Å². The number of hydrogen-bond donors (Lipinski definition) is 3. The number of urea groups is 2. The topological polar surface area (TPSA) is 73.5 Å². The number of anilines is 2. The summed E-state index contributed by atoms with van der Waals surface area (Å²) < 4.78 is 13.4. The molecular formula is C24H31FN4O2. The Bertz CT molecular complexity index is 866. The number of carbonyl (C=O) groups is 2. The van der Waals surface area contributed by atoms with Crippen LogP contribution in [0.3, 0.4) is 0 Å². The molecule has 0 aliphatic heterocycles. The van der Waals surface area contributed by atoms with Crippen LogP contribution in [0.15, 0.2) is 48.5 Å². The molecule has 2 aromatic rings. The highest BCUT2D eigenvalue weighted by Crippen LogP contribution is 2.19. The van der Waals surface area contributed by atoms with Crippen molar-refractivity contribution in [3.63, 3.8) is 0 Å². The summed E-state index contributed by atoms with van der Waals surface area (Å²) in [6.45, 7) is 2.78. The third-order valence-corrected chi connectivity index (χ3v) is 5.44. The zero-order valence-corrected chi connectivity index (χ0v) is 18.0. The second kappa shape index (κ2) is 11.3.